The molecule has 1 aromatic heterocycles. The van der Waals surface area contributed by atoms with Gasteiger partial charge in [-0.05, 0) is 52.7 Å². The second-order valence-electron chi connectivity index (χ2n) is 4.02. The van der Waals surface area contributed by atoms with Crippen LogP contribution in [0.4, 0.5) is 10.2 Å². The van der Waals surface area contributed by atoms with Gasteiger partial charge in [0, 0.05) is 6.20 Å². The first-order chi connectivity index (χ1) is 9.29. The van der Waals surface area contributed by atoms with E-state index in [-0.39, 0.29) is 15.7 Å². The summed E-state index contributed by atoms with van der Waals surface area (Å²) in [6, 6.07) is 4.78. The molecule has 0 radical (unpaired) electrons. The van der Waals surface area contributed by atoms with Gasteiger partial charge in [0.05, 0.1) is 9.50 Å². The molecule has 0 saturated heterocycles. The van der Waals surface area contributed by atoms with Gasteiger partial charge in [-0.15, -0.1) is 0 Å². The van der Waals surface area contributed by atoms with Gasteiger partial charge in [-0.1, -0.05) is 11.6 Å². The molecule has 0 unspecified atom stereocenters. The number of pyridine rings is 1. The molecule has 0 amide bonds. The second kappa shape index (κ2) is 5.67. The predicted octanol–water partition coefficient (Wildman–Crippen LogP) is 3.75. The molecule has 8 heteroatoms. The van der Waals surface area contributed by atoms with Crippen LogP contribution in [0.2, 0.25) is 5.02 Å². The van der Waals surface area contributed by atoms with Crippen LogP contribution in [0.3, 0.4) is 0 Å². The fourth-order valence-corrected chi connectivity index (χ4v) is 3.74. The van der Waals surface area contributed by atoms with Crippen molar-refractivity contribution in [2.75, 3.05) is 4.72 Å². The van der Waals surface area contributed by atoms with E-state index in [2.05, 4.69) is 25.6 Å². The predicted molar refractivity (Wildman–Crippen MR) is 78.9 cm³/mol. The summed E-state index contributed by atoms with van der Waals surface area (Å²) < 4.78 is 40.1. The van der Waals surface area contributed by atoms with Crippen LogP contribution in [0.25, 0.3) is 0 Å². The monoisotopic (exact) mass is 378 g/mol. The molecule has 0 aliphatic rings. The Kier molecular flexibility index (Phi) is 4.31. The van der Waals surface area contributed by atoms with Gasteiger partial charge in [-0.2, -0.15) is 0 Å². The smallest absolute Gasteiger partial charge is 0.262 e. The van der Waals surface area contributed by atoms with Gasteiger partial charge >= 0.3 is 0 Å². The standard InChI is InChI=1S/C12H9BrClFN2O2S/c1-7-4-9(13)12(16-6-7)17-20(18,19)11-3-2-8(15)5-10(11)14/h2-6H,1H3,(H,16,17). The average Bonchev–Trinajstić information content (AvgIpc) is 2.32. The molecule has 2 rings (SSSR count). The summed E-state index contributed by atoms with van der Waals surface area (Å²) in [7, 11) is -3.94. The Bertz CT molecular complexity index is 768. The van der Waals surface area contributed by atoms with Gasteiger partial charge in [-0.3, -0.25) is 4.72 Å². The van der Waals surface area contributed by atoms with Crippen molar-refractivity contribution in [2.45, 2.75) is 11.8 Å². The van der Waals surface area contributed by atoms with Gasteiger partial charge in [0.25, 0.3) is 10.0 Å². The highest BCUT2D eigenvalue weighted by molar-refractivity contribution is 9.10. The highest BCUT2D eigenvalue weighted by Crippen LogP contribution is 2.27. The zero-order valence-corrected chi connectivity index (χ0v) is 13.4. The third-order valence-corrected chi connectivity index (χ3v) is 4.82. The largest absolute Gasteiger partial charge is 0.264 e. The van der Waals surface area contributed by atoms with Crippen LogP contribution < -0.4 is 4.72 Å². The van der Waals surface area contributed by atoms with Crippen molar-refractivity contribution in [3.63, 3.8) is 0 Å². The van der Waals surface area contributed by atoms with E-state index in [0.717, 1.165) is 23.8 Å². The van der Waals surface area contributed by atoms with Crippen molar-refractivity contribution in [1.29, 1.82) is 0 Å². The Morgan fingerprint density at radius 3 is 2.65 bits per heavy atom. The van der Waals surface area contributed by atoms with Gasteiger partial charge in [0.1, 0.15) is 10.7 Å². The molecule has 1 N–H and O–H groups in total. The summed E-state index contributed by atoms with van der Waals surface area (Å²) in [4.78, 5) is 3.77. The number of nitrogens with zero attached hydrogens (tertiary/aromatic N) is 1. The minimum absolute atomic E-state index is 0.135. The topological polar surface area (TPSA) is 59.1 Å². The maximum atomic E-state index is 13.0. The Labute approximate surface area is 129 Å². The number of sulfonamides is 1. The van der Waals surface area contributed by atoms with E-state index in [1.807, 2.05) is 6.92 Å². The van der Waals surface area contributed by atoms with Crippen LogP contribution in [0.1, 0.15) is 5.56 Å². The maximum absolute atomic E-state index is 13.0. The summed E-state index contributed by atoms with van der Waals surface area (Å²) in [5.41, 5.74) is 0.875. The van der Waals surface area contributed by atoms with Crippen molar-refractivity contribution >= 4 is 43.4 Å². The van der Waals surface area contributed by atoms with E-state index in [1.54, 1.807) is 6.07 Å². The average molecular weight is 380 g/mol. The Balaban J connectivity index is 2.41. The van der Waals surface area contributed by atoms with Crippen LogP contribution in [0.5, 0.6) is 0 Å². The molecule has 0 bridgehead atoms. The molecule has 1 heterocycles. The minimum atomic E-state index is -3.94. The summed E-state index contributed by atoms with van der Waals surface area (Å²) in [5, 5.41) is -0.194. The molecule has 0 saturated carbocycles. The number of halogens is 3. The molecule has 4 nitrogen and oxygen atoms in total. The van der Waals surface area contributed by atoms with E-state index in [1.165, 1.54) is 6.20 Å². The molecule has 0 fully saturated rings. The number of benzene rings is 1. The van der Waals surface area contributed by atoms with E-state index in [0.29, 0.717) is 4.47 Å². The number of aromatic nitrogens is 1. The fourth-order valence-electron chi connectivity index (χ4n) is 1.48. The van der Waals surface area contributed by atoms with Crippen molar-refractivity contribution in [1.82, 2.24) is 4.98 Å². The summed E-state index contributed by atoms with van der Waals surface area (Å²) in [6.45, 7) is 1.83. The Morgan fingerprint density at radius 2 is 2.05 bits per heavy atom. The molecular weight excluding hydrogens is 371 g/mol. The molecule has 2 aromatic rings. The third-order valence-electron chi connectivity index (χ3n) is 2.39. The summed E-state index contributed by atoms with van der Waals surface area (Å²) in [5.74, 6) is -0.473. The lowest BCUT2D eigenvalue weighted by Gasteiger charge is -2.10. The third kappa shape index (κ3) is 3.28. The van der Waals surface area contributed by atoms with E-state index < -0.39 is 15.8 Å². The molecule has 20 heavy (non-hydrogen) atoms. The number of hydrogen-bond donors (Lipinski definition) is 1. The van der Waals surface area contributed by atoms with Crippen molar-refractivity contribution < 1.29 is 12.8 Å². The fraction of sp³-hybridized carbons (Fsp3) is 0.0833. The zero-order chi connectivity index (χ0) is 14.9. The number of aryl methyl sites for hydroxylation is 1. The lowest BCUT2D eigenvalue weighted by Crippen LogP contribution is -2.15. The van der Waals surface area contributed by atoms with Crippen molar-refractivity contribution in [2.24, 2.45) is 0 Å². The first-order valence-corrected chi connectivity index (χ1v) is 8.05. The quantitative estimate of drug-likeness (QED) is 0.883. The normalized spacial score (nSPS) is 11.4. The van der Waals surface area contributed by atoms with Crippen LogP contribution in [-0.4, -0.2) is 13.4 Å². The number of anilines is 1. The molecule has 1 aromatic carbocycles. The maximum Gasteiger partial charge on any atom is 0.264 e. The SMILES string of the molecule is Cc1cnc(NS(=O)(=O)c2ccc(F)cc2Cl)c(Br)c1. The Hall–Kier alpha value is -1.18. The highest BCUT2D eigenvalue weighted by Gasteiger charge is 2.20. The zero-order valence-electron chi connectivity index (χ0n) is 10.2. The first kappa shape index (κ1) is 15.2. The number of rotatable bonds is 3. The minimum Gasteiger partial charge on any atom is -0.262 e. The second-order valence-corrected chi connectivity index (χ2v) is 6.94. The van der Waals surface area contributed by atoms with Crippen LogP contribution in [-0.2, 0) is 10.0 Å². The molecule has 0 aliphatic carbocycles. The van der Waals surface area contributed by atoms with Crippen molar-refractivity contribution in [3.8, 4) is 0 Å². The van der Waals surface area contributed by atoms with Crippen LogP contribution in [0, 0.1) is 12.7 Å². The highest BCUT2D eigenvalue weighted by atomic mass is 79.9. The van der Waals surface area contributed by atoms with Crippen LogP contribution >= 0.6 is 27.5 Å². The first-order valence-electron chi connectivity index (χ1n) is 5.39. The van der Waals surface area contributed by atoms with Gasteiger partial charge in [-0.25, -0.2) is 17.8 Å². The van der Waals surface area contributed by atoms with E-state index in [9.17, 15) is 12.8 Å². The van der Waals surface area contributed by atoms with E-state index in [4.69, 9.17) is 11.6 Å². The molecule has 0 aliphatic heterocycles. The number of hydrogen-bond acceptors (Lipinski definition) is 3. The lowest BCUT2D eigenvalue weighted by atomic mass is 10.3. The summed E-state index contributed by atoms with van der Waals surface area (Å²) >= 11 is 8.97. The van der Waals surface area contributed by atoms with Gasteiger partial charge in [0.2, 0.25) is 0 Å². The molecule has 106 valence electrons. The molecule has 0 atom stereocenters. The molecular formula is C12H9BrClFN2O2S. The van der Waals surface area contributed by atoms with E-state index >= 15 is 0 Å². The van der Waals surface area contributed by atoms with Gasteiger partial charge < -0.3 is 0 Å². The number of nitrogens with one attached hydrogen (secondary N) is 1. The Morgan fingerprint density at radius 1 is 1.35 bits per heavy atom. The summed E-state index contributed by atoms with van der Waals surface area (Å²) in [6.07, 6.45) is 1.52. The van der Waals surface area contributed by atoms with Gasteiger partial charge in [0.15, 0.2) is 5.82 Å². The van der Waals surface area contributed by atoms with Crippen molar-refractivity contribution in [3.05, 3.63) is 51.3 Å². The molecule has 0 spiro atoms. The lowest BCUT2D eigenvalue weighted by molar-refractivity contribution is 0.599. The van der Waals surface area contributed by atoms with Crippen LogP contribution in [0.15, 0.2) is 39.8 Å².